The van der Waals surface area contributed by atoms with Gasteiger partial charge in [-0.25, -0.2) is 9.97 Å². The van der Waals surface area contributed by atoms with Gasteiger partial charge in [0, 0.05) is 23.7 Å². The summed E-state index contributed by atoms with van der Waals surface area (Å²) >= 11 is 5.83. The average molecular weight is 249 g/mol. The van der Waals surface area contributed by atoms with Crippen LogP contribution >= 0.6 is 11.6 Å². The van der Waals surface area contributed by atoms with Crippen molar-refractivity contribution in [1.82, 2.24) is 20.2 Å². The summed E-state index contributed by atoms with van der Waals surface area (Å²) in [5.41, 5.74) is 4.08. The number of halogens is 1. The standard InChI is InChI=1S/C12H13ClN4/c1-7-4-9(15-12(13)14-7)5-10-6-11(17-16-10)8-2-3-8/h4,6,8H,2-3,5H2,1H3,(H,16,17). The van der Waals surface area contributed by atoms with Crippen molar-refractivity contribution in [2.45, 2.75) is 32.1 Å². The second-order valence-electron chi connectivity index (χ2n) is 4.54. The fraction of sp³-hybridized carbons (Fsp3) is 0.417. The van der Waals surface area contributed by atoms with Crippen LogP contribution in [0.25, 0.3) is 0 Å². The third kappa shape index (κ3) is 2.47. The maximum absolute atomic E-state index is 5.83. The van der Waals surface area contributed by atoms with E-state index in [-0.39, 0.29) is 0 Å². The molecule has 0 aromatic carbocycles. The fourth-order valence-electron chi connectivity index (χ4n) is 1.94. The van der Waals surface area contributed by atoms with Gasteiger partial charge >= 0.3 is 0 Å². The van der Waals surface area contributed by atoms with Crippen molar-refractivity contribution in [2.75, 3.05) is 0 Å². The van der Waals surface area contributed by atoms with Crippen molar-refractivity contribution in [2.24, 2.45) is 0 Å². The van der Waals surface area contributed by atoms with Crippen LogP contribution in [0.4, 0.5) is 0 Å². The highest BCUT2D eigenvalue weighted by Crippen LogP contribution is 2.39. The summed E-state index contributed by atoms with van der Waals surface area (Å²) in [6.45, 7) is 1.92. The lowest BCUT2D eigenvalue weighted by Crippen LogP contribution is -1.96. The third-order valence-electron chi connectivity index (χ3n) is 2.90. The molecule has 0 spiro atoms. The molecule has 0 atom stereocenters. The molecule has 0 unspecified atom stereocenters. The zero-order valence-electron chi connectivity index (χ0n) is 9.57. The van der Waals surface area contributed by atoms with E-state index in [0.29, 0.717) is 11.2 Å². The molecule has 1 saturated carbocycles. The molecule has 2 aromatic heterocycles. The van der Waals surface area contributed by atoms with E-state index in [1.54, 1.807) is 0 Å². The molecule has 17 heavy (non-hydrogen) atoms. The van der Waals surface area contributed by atoms with E-state index in [9.17, 15) is 0 Å². The zero-order chi connectivity index (χ0) is 11.8. The van der Waals surface area contributed by atoms with E-state index >= 15 is 0 Å². The minimum atomic E-state index is 0.307. The van der Waals surface area contributed by atoms with Gasteiger partial charge in [-0.15, -0.1) is 0 Å². The maximum atomic E-state index is 5.83. The molecule has 88 valence electrons. The van der Waals surface area contributed by atoms with Gasteiger partial charge in [-0.3, -0.25) is 5.10 Å². The summed E-state index contributed by atoms with van der Waals surface area (Å²) in [4.78, 5) is 8.25. The Morgan fingerprint density at radius 3 is 2.88 bits per heavy atom. The number of aromatic nitrogens is 4. The highest BCUT2D eigenvalue weighted by atomic mass is 35.5. The minimum absolute atomic E-state index is 0.307. The molecule has 0 radical (unpaired) electrons. The third-order valence-corrected chi connectivity index (χ3v) is 3.07. The molecule has 2 heterocycles. The van der Waals surface area contributed by atoms with Gasteiger partial charge in [0.15, 0.2) is 0 Å². The topological polar surface area (TPSA) is 54.5 Å². The van der Waals surface area contributed by atoms with Crippen LogP contribution in [0, 0.1) is 6.92 Å². The van der Waals surface area contributed by atoms with Gasteiger partial charge in [-0.1, -0.05) is 0 Å². The van der Waals surface area contributed by atoms with Crippen molar-refractivity contribution in [3.63, 3.8) is 0 Å². The largest absolute Gasteiger partial charge is 0.282 e. The van der Waals surface area contributed by atoms with Gasteiger partial charge in [-0.2, -0.15) is 5.10 Å². The Hall–Kier alpha value is -1.42. The van der Waals surface area contributed by atoms with Gasteiger partial charge in [-0.05, 0) is 43.5 Å². The first-order valence-electron chi connectivity index (χ1n) is 5.75. The van der Waals surface area contributed by atoms with Crippen LogP contribution in [0.15, 0.2) is 12.1 Å². The Kier molecular flexibility index (Phi) is 2.59. The highest BCUT2D eigenvalue weighted by molar-refractivity contribution is 6.28. The van der Waals surface area contributed by atoms with Crippen molar-refractivity contribution < 1.29 is 0 Å². The second kappa shape index (κ2) is 4.11. The van der Waals surface area contributed by atoms with Crippen LogP contribution in [-0.4, -0.2) is 20.2 Å². The molecule has 0 amide bonds. The first kappa shape index (κ1) is 10.7. The summed E-state index contributed by atoms with van der Waals surface area (Å²) in [7, 11) is 0. The van der Waals surface area contributed by atoms with Crippen LogP contribution in [0.2, 0.25) is 5.28 Å². The smallest absolute Gasteiger partial charge is 0.222 e. The first-order chi connectivity index (χ1) is 8.20. The Balaban J connectivity index is 1.80. The predicted octanol–water partition coefficient (Wildman–Crippen LogP) is 2.63. The van der Waals surface area contributed by atoms with E-state index < -0.39 is 0 Å². The molecule has 0 aliphatic heterocycles. The first-order valence-corrected chi connectivity index (χ1v) is 6.13. The number of nitrogens with one attached hydrogen (secondary N) is 1. The van der Waals surface area contributed by atoms with Crippen molar-refractivity contribution in [1.29, 1.82) is 0 Å². The number of hydrogen-bond acceptors (Lipinski definition) is 3. The summed E-state index contributed by atoms with van der Waals surface area (Å²) in [6, 6.07) is 4.08. The van der Waals surface area contributed by atoms with Gasteiger partial charge in [0.2, 0.25) is 5.28 Å². The van der Waals surface area contributed by atoms with Gasteiger partial charge < -0.3 is 0 Å². The van der Waals surface area contributed by atoms with E-state index in [1.807, 2.05) is 13.0 Å². The monoisotopic (exact) mass is 248 g/mol. The van der Waals surface area contributed by atoms with Crippen molar-refractivity contribution >= 4 is 11.6 Å². The number of H-pyrrole nitrogens is 1. The molecule has 0 bridgehead atoms. The van der Waals surface area contributed by atoms with Crippen LogP contribution in [0.5, 0.6) is 0 Å². The Morgan fingerprint density at radius 1 is 1.35 bits per heavy atom. The molecular weight excluding hydrogens is 236 g/mol. The van der Waals surface area contributed by atoms with Crippen molar-refractivity contribution in [3.8, 4) is 0 Å². The quantitative estimate of drug-likeness (QED) is 0.850. The normalized spacial score (nSPS) is 15.2. The predicted molar refractivity (Wildman–Crippen MR) is 65.1 cm³/mol. The summed E-state index contributed by atoms with van der Waals surface area (Å²) in [5.74, 6) is 0.677. The van der Waals surface area contributed by atoms with E-state index in [4.69, 9.17) is 11.6 Å². The Morgan fingerprint density at radius 2 is 2.18 bits per heavy atom. The van der Waals surface area contributed by atoms with Crippen LogP contribution in [0.1, 0.15) is 41.5 Å². The fourth-order valence-corrected chi connectivity index (χ4v) is 2.18. The minimum Gasteiger partial charge on any atom is -0.282 e. The van der Waals surface area contributed by atoms with E-state index in [0.717, 1.165) is 23.5 Å². The van der Waals surface area contributed by atoms with Crippen molar-refractivity contribution in [3.05, 3.63) is 40.2 Å². The van der Waals surface area contributed by atoms with E-state index in [2.05, 4.69) is 26.2 Å². The molecular formula is C12H13ClN4. The molecule has 1 aliphatic carbocycles. The average Bonchev–Trinajstić information content (AvgIpc) is 2.99. The molecule has 1 aliphatic rings. The van der Waals surface area contributed by atoms with Crippen LogP contribution < -0.4 is 0 Å². The highest BCUT2D eigenvalue weighted by Gasteiger charge is 2.26. The number of aromatic amines is 1. The molecule has 1 fully saturated rings. The molecule has 1 N–H and O–H groups in total. The molecule has 0 saturated heterocycles. The lowest BCUT2D eigenvalue weighted by molar-refractivity contribution is 0.921. The Bertz CT molecular complexity index is 525. The number of rotatable bonds is 3. The number of hydrogen-bond donors (Lipinski definition) is 1. The number of nitrogens with zero attached hydrogens (tertiary/aromatic N) is 3. The maximum Gasteiger partial charge on any atom is 0.222 e. The van der Waals surface area contributed by atoms with Gasteiger partial charge in [0.1, 0.15) is 0 Å². The molecule has 3 rings (SSSR count). The summed E-state index contributed by atoms with van der Waals surface area (Å²) < 4.78 is 0. The Labute approximate surface area is 104 Å². The van der Waals surface area contributed by atoms with E-state index in [1.165, 1.54) is 18.5 Å². The molecule has 2 aromatic rings. The zero-order valence-corrected chi connectivity index (χ0v) is 10.3. The summed E-state index contributed by atoms with van der Waals surface area (Å²) in [6.07, 6.45) is 3.26. The lowest BCUT2D eigenvalue weighted by Gasteiger charge is -2.00. The van der Waals surface area contributed by atoms with Crippen LogP contribution in [-0.2, 0) is 6.42 Å². The molecule has 4 nitrogen and oxygen atoms in total. The summed E-state index contributed by atoms with van der Waals surface area (Å²) in [5, 5.41) is 7.69. The SMILES string of the molecule is Cc1cc(Cc2cc(C3CC3)n[nH]2)nc(Cl)n1. The second-order valence-corrected chi connectivity index (χ2v) is 4.88. The number of aryl methyl sites for hydroxylation is 1. The van der Waals surface area contributed by atoms with Gasteiger partial charge in [0.25, 0.3) is 0 Å². The lowest BCUT2D eigenvalue weighted by atomic mass is 10.2. The molecule has 5 heteroatoms. The van der Waals surface area contributed by atoms with Gasteiger partial charge in [0.05, 0.1) is 11.4 Å². The van der Waals surface area contributed by atoms with Crippen LogP contribution in [0.3, 0.4) is 0 Å².